The van der Waals surface area contributed by atoms with Gasteiger partial charge in [0, 0.05) is 10.0 Å². The third-order valence-electron chi connectivity index (χ3n) is 2.15. The summed E-state index contributed by atoms with van der Waals surface area (Å²) >= 11 is 18.6. The molecule has 17 heavy (non-hydrogen) atoms. The summed E-state index contributed by atoms with van der Waals surface area (Å²) in [5, 5.41) is 1.05. The quantitative estimate of drug-likeness (QED) is 0.612. The zero-order valence-electron chi connectivity index (χ0n) is 8.64. The second kappa shape index (κ2) is 5.22. The van der Waals surface area contributed by atoms with E-state index in [1.165, 1.54) is 0 Å². The van der Waals surface area contributed by atoms with Gasteiger partial charge in [-0.2, -0.15) is 0 Å². The minimum Gasteiger partial charge on any atom is -0.232 e. The van der Waals surface area contributed by atoms with E-state index >= 15 is 0 Å². The first-order chi connectivity index (χ1) is 7.99. The second-order valence-corrected chi connectivity index (χ2v) is 5.78. The average Bonchev–Trinajstić information content (AvgIpc) is 2.29. The topological polar surface area (TPSA) is 25.8 Å². The predicted molar refractivity (Wildman–Crippen MR) is 77.6 cm³/mol. The number of hydrogen-bond donors (Lipinski definition) is 0. The largest absolute Gasteiger partial charge is 0.232 e. The van der Waals surface area contributed by atoms with Crippen molar-refractivity contribution in [2.45, 2.75) is 6.92 Å². The fourth-order valence-electron chi connectivity index (χ4n) is 1.29. The van der Waals surface area contributed by atoms with E-state index in [2.05, 4.69) is 41.8 Å². The predicted octanol–water partition coefficient (Wildman–Crippen LogP) is 5.28. The van der Waals surface area contributed by atoms with Crippen LogP contribution < -0.4 is 0 Å². The summed E-state index contributed by atoms with van der Waals surface area (Å²) in [7, 11) is 0. The highest BCUT2D eigenvalue weighted by Crippen LogP contribution is 2.30. The molecule has 2 nitrogen and oxygen atoms in total. The Kier molecular flexibility index (Phi) is 4.08. The maximum atomic E-state index is 6.00. The lowest BCUT2D eigenvalue weighted by Crippen LogP contribution is -1.94. The number of nitrogens with zero attached hydrogens (tertiary/aromatic N) is 2. The zero-order chi connectivity index (χ0) is 12.6. The van der Waals surface area contributed by atoms with Crippen LogP contribution in [0.15, 0.2) is 27.1 Å². The van der Waals surface area contributed by atoms with E-state index in [4.69, 9.17) is 23.2 Å². The highest BCUT2D eigenvalue weighted by atomic mass is 79.9. The van der Waals surface area contributed by atoms with Gasteiger partial charge in [-0.15, -0.1) is 0 Å². The van der Waals surface area contributed by atoms with Gasteiger partial charge in [-0.25, -0.2) is 9.97 Å². The minimum absolute atomic E-state index is 0.401. The van der Waals surface area contributed by atoms with Crippen molar-refractivity contribution in [2.24, 2.45) is 0 Å². The van der Waals surface area contributed by atoms with Gasteiger partial charge in [0.25, 0.3) is 0 Å². The van der Waals surface area contributed by atoms with Crippen LogP contribution in [0.5, 0.6) is 0 Å². The van der Waals surface area contributed by atoms with Crippen molar-refractivity contribution in [3.63, 3.8) is 0 Å². The highest BCUT2D eigenvalue weighted by Gasteiger charge is 2.10. The number of aryl methyl sites for hydroxylation is 1. The zero-order valence-corrected chi connectivity index (χ0v) is 13.3. The van der Waals surface area contributed by atoms with Gasteiger partial charge in [-0.05, 0) is 57.0 Å². The smallest absolute Gasteiger partial charge is 0.161 e. The summed E-state index contributed by atoms with van der Waals surface area (Å²) in [4.78, 5) is 8.59. The van der Waals surface area contributed by atoms with Crippen LogP contribution in [0.1, 0.15) is 5.69 Å². The lowest BCUT2D eigenvalue weighted by Gasteiger charge is -2.06. The van der Waals surface area contributed by atoms with Crippen molar-refractivity contribution in [1.82, 2.24) is 9.97 Å². The standard InChI is InChI=1S/C11H6Br2Cl2N2/c1-5-9(13)10(15)17-11(16-5)6-2-3-8(14)7(12)4-6/h2-4H,1H3. The lowest BCUT2D eigenvalue weighted by molar-refractivity contribution is 1.09. The number of benzene rings is 1. The number of hydrogen-bond acceptors (Lipinski definition) is 2. The van der Waals surface area contributed by atoms with Gasteiger partial charge in [0.05, 0.1) is 15.2 Å². The molecule has 1 heterocycles. The van der Waals surface area contributed by atoms with E-state index < -0.39 is 0 Å². The molecule has 2 rings (SSSR count). The maximum absolute atomic E-state index is 6.00. The molecule has 0 unspecified atom stereocenters. The van der Waals surface area contributed by atoms with E-state index in [9.17, 15) is 0 Å². The second-order valence-electron chi connectivity index (χ2n) is 3.37. The van der Waals surface area contributed by atoms with Crippen LogP contribution in [0.2, 0.25) is 10.2 Å². The molecule has 1 aromatic carbocycles. The molecule has 1 aromatic heterocycles. The molecule has 0 aliphatic heterocycles. The van der Waals surface area contributed by atoms with Crippen LogP contribution in [0.4, 0.5) is 0 Å². The first-order valence-corrected chi connectivity index (χ1v) is 6.98. The van der Waals surface area contributed by atoms with Crippen molar-refractivity contribution in [3.05, 3.63) is 43.0 Å². The number of rotatable bonds is 1. The lowest BCUT2D eigenvalue weighted by atomic mass is 10.2. The van der Waals surface area contributed by atoms with Gasteiger partial charge in [-0.1, -0.05) is 23.2 Å². The van der Waals surface area contributed by atoms with E-state index in [0.717, 1.165) is 20.2 Å². The van der Waals surface area contributed by atoms with Crippen molar-refractivity contribution in [2.75, 3.05) is 0 Å². The van der Waals surface area contributed by atoms with Crippen LogP contribution in [-0.4, -0.2) is 9.97 Å². The van der Waals surface area contributed by atoms with Crippen molar-refractivity contribution in [1.29, 1.82) is 0 Å². The molecule has 0 bridgehead atoms. The third-order valence-corrected chi connectivity index (χ3v) is 4.82. The van der Waals surface area contributed by atoms with Gasteiger partial charge in [0.15, 0.2) is 5.82 Å². The summed E-state index contributed by atoms with van der Waals surface area (Å²) in [5.74, 6) is 0.577. The molecule has 88 valence electrons. The molecule has 0 aliphatic rings. The Labute approximate surface area is 126 Å². The van der Waals surface area contributed by atoms with E-state index in [0.29, 0.717) is 16.0 Å². The van der Waals surface area contributed by atoms with Crippen LogP contribution in [-0.2, 0) is 0 Å². The van der Waals surface area contributed by atoms with Crippen molar-refractivity contribution < 1.29 is 0 Å². The molecular formula is C11H6Br2Cl2N2. The summed E-state index contributed by atoms with van der Waals surface area (Å²) in [6.45, 7) is 1.87. The van der Waals surface area contributed by atoms with E-state index in [1.54, 1.807) is 6.07 Å². The normalized spacial score (nSPS) is 10.6. The Balaban J connectivity index is 2.57. The molecule has 6 heteroatoms. The van der Waals surface area contributed by atoms with E-state index in [1.807, 2.05) is 19.1 Å². The molecule has 2 aromatic rings. The fourth-order valence-corrected chi connectivity index (χ4v) is 2.18. The number of halogens is 4. The minimum atomic E-state index is 0.401. The summed E-state index contributed by atoms with van der Waals surface area (Å²) in [6, 6.07) is 5.50. The van der Waals surface area contributed by atoms with Gasteiger partial charge < -0.3 is 0 Å². The fraction of sp³-hybridized carbons (Fsp3) is 0.0909. The molecular weight excluding hydrogens is 391 g/mol. The monoisotopic (exact) mass is 394 g/mol. The third kappa shape index (κ3) is 2.81. The van der Waals surface area contributed by atoms with E-state index in [-0.39, 0.29) is 0 Å². The molecule has 0 spiro atoms. The number of aromatic nitrogens is 2. The molecule has 0 N–H and O–H groups in total. The van der Waals surface area contributed by atoms with Gasteiger partial charge in [0.2, 0.25) is 0 Å². The van der Waals surface area contributed by atoms with Gasteiger partial charge >= 0.3 is 0 Å². The molecule has 0 saturated carbocycles. The van der Waals surface area contributed by atoms with Gasteiger partial charge in [-0.3, -0.25) is 0 Å². The van der Waals surface area contributed by atoms with Crippen LogP contribution >= 0.6 is 55.1 Å². The Bertz CT molecular complexity index is 565. The molecule has 0 fully saturated rings. The average molecular weight is 397 g/mol. The molecule has 0 atom stereocenters. The van der Waals surface area contributed by atoms with Crippen molar-refractivity contribution in [3.8, 4) is 11.4 Å². The SMILES string of the molecule is Cc1nc(-c2ccc(Cl)c(Br)c2)nc(Cl)c1Br. The molecule has 0 aliphatic carbocycles. The van der Waals surface area contributed by atoms with Crippen LogP contribution in [0, 0.1) is 6.92 Å². The summed E-state index contributed by atoms with van der Waals surface area (Å²) in [6.07, 6.45) is 0. The Morgan fingerprint density at radius 2 is 1.82 bits per heavy atom. The summed E-state index contributed by atoms with van der Waals surface area (Å²) in [5.41, 5.74) is 1.66. The first-order valence-electron chi connectivity index (χ1n) is 4.64. The van der Waals surface area contributed by atoms with Crippen molar-refractivity contribution >= 4 is 55.1 Å². The van der Waals surface area contributed by atoms with Crippen LogP contribution in [0.25, 0.3) is 11.4 Å². The van der Waals surface area contributed by atoms with Crippen LogP contribution in [0.3, 0.4) is 0 Å². The first kappa shape index (κ1) is 13.3. The molecule has 0 radical (unpaired) electrons. The Hall–Kier alpha value is -0.160. The maximum Gasteiger partial charge on any atom is 0.161 e. The Morgan fingerprint density at radius 1 is 1.12 bits per heavy atom. The Morgan fingerprint density at radius 3 is 2.41 bits per heavy atom. The highest BCUT2D eigenvalue weighted by molar-refractivity contribution is 9.11. The van der Waals surface area contributed by atoms with Gasteiger partial charge in [0.1, 0.15) is 5.15 Å². The molecule has 0 amide bonds. The summed E-state index contributed by atoms with van der Waals surface area (Å²) < 4.78 is 1.52. The molecule has 0 saturated heterocycles.